The van der Waals surface area contributed by atoms with Crippen LogP contribution < -0.4 is 10.5 Å². The van der Waals surface area contributed by atoms with Gasteiger partial charge in [0.2, 0.25) is 5.91 Å². The molecule has 4 nitrogen and oxygen atoms in total. The fraction of sp³-hybridized carbons (Fsp3) is 0.500. The lowest BCUT2D eigenvalue weighted by atomic mass is 9.76. The predicted octanol–water partition coefficient (Wildman–Crippen LogP) is 1.53. The second-order valence-electron chi connectivity index (χ2n) is 5.02. The first kappa shape index (κ1) is 12.9. The fourth-order valence-electron chi connectivity index (χ4n) is 2.23. The van der Waals surface area contributed by atoms with Crippen molar-refractivity contribution in [3.8, 4) is 5.75 Å². The van der Waals surface area contributed by atoms with Crippen LogP contribution in [0.2, 0.25) is 0 Å². The first-order chi connectivity index (χ1) is 8.55. The van der Waals surface area contributed by atoms with E-state index in [-0.39, 0.29) is 5.91 Å². The molecule has 2 N–H and O–H groups in total. The van der Waals surface area contributed by atoms with Gasteiger partial charge in [-0.1, -0.05) is 12.1 Å². The summed E-state index contributed by atoms with van der Waals surface area (Å²) in [6.45, 7) is 0.585. The number of likely N-dealkylation sites (N-methyl/N-ethyl adjacent to an activating group) is 1. The Morgan fingerprint density at radius 1 is 1.39 bits per heavy atom. The first-order valence-electron chi connectivity index (χ1n) is 6.22. The first-order valence-corrected chi connectivity index (χ1v) is 6.22. The van der Waals surface area contributed by atoms with Crippen LogP contribution in [-0.2, 0) is 11.3 Å². The van der Waals surface area contributed by atoms with Crippen LogP contribution in [0.15, 0.2) is 24.3 Å². The standard InChI is InChI=1S/C14H20N2O2/c1-16(13(17)14(15)8-3-9-14)10-11-4-6-12(18-2)7-5-11/h4-7H,3,8-10,15H2,1-2H3. The number of carbonyl (C=O) groups is 1. The molecule has 4 heteroatoms. The zero-order chi connectivity index (χ0) is 13.2. The highest BCUT2D eigenvalue weighted by atomic mass is 16.5. The Labute approximate surface area is 108 Å². The molecular formula is C14H20N2O2. The van der Waals surface area contributed by atoms with Crippen LogP contribution in [0.4, 0.5) is 0 Å². The van der Waals surface area contributed by atoms with Gasteiger partial charge < -0.3 is 15.4 Å². The van der Waals surface area contributed by atoms with E-state index in [2.05, 4.69) is 0 Å². The number of amides is 1. The minimum Gasteiger partial charge on any atom is -0.497 e. The number of rotatable bonds is 4. The summed E-state index contributed by atoms with van der Waals surface area (Å²) in [5, 5.41) is 0. The van der Waals surface area contributed by atoms with Crippen LogP contribution in [0.1, 0.15) is 24.8 Å². The highest BCUT2D eigenvalue weighted by molar-refractivity contribution is 5.86. The smallest absolute Gasteiger partial charge is 0.242 e. The number of nitrogens with two attached hydrogens (primary N) is 1. The summed E-state index contributed by atoms with van der Waals surface area (Å²) in [6.07, 6.45) is 2.66. The van der Waals surface area contributed by atoms with E-state index in [0.717, 1.165) is 30.6 Å². The summed E-state index contributed by atoms with van der Waals surface area (Å²) >= 11 is 0. The molecule has 98 valence electrons. The van der Waals surface area contributed by atoms with Crippen LogP contribution in [-0.4, -0.2) is 30.5 Å². The van der Waals surface area contributed by atoms with Crippen molar-refractivity contribution in [1.29, 1.82) is 0 Å². The predicted molar refractivity (Wildman–Crippen MR) is 70.2 cm³/mol. The molecule has 18 heavy (non-hydrogen) atoms. The van der Waals surface area contributed by atoms with Gasteiger partial charge in [0.25, 0.3) is 0 Å². The maximum atomic E-state index is 12.2. The number of nitrogens with zero attached hydrogens (tertiary/aromatic N) is 1. The Bertz CT molecular complexity index is 424. The molecule has 1 aliphatic rings. The Kier molecular flexibility index (Phi) is 3.57. The van der Waals surface area contributed by atoms with Gasteiger partial charge in [0.05, 0.1) is 12.6 Å². The molecule has 0 spiro atoms. The summed E-state index contributed by atoms with van der Waals surface area (Å²) < 4.78 is 5.10. The number of carbonyl (C=O) groups excluding carboxylic acids is 1. The molecule has 0 saturated heterocycles. The lowest BCUT2D eigenvalue weighted by molar-refractivity contribution is -0.139. The third-order valence-corrected chi connectivity index (χ3v) is 3.60. The maximum absolute atomic E-state index is 12.2. The zero-order valence-electron chi connectivity index (χ0n) is 11.0. The van der Waals surface area contributed by atoms with E-state index in [9.17, 15) is 4.79 Å². The molecule has 1 aromatic rings. The molecule has 1 amide bonds. The van der Waals surface area contributed by atoms with Crippen molar-refractivity contribution in [3.63, 3.8) is 0 Å². The number of ether oxygens (including phenoxy) is 1. The monoisotopic (exact) mass is 248 g/mol. The molecule has 1 aromatic carbocycles. The Balaban J connectivity index is 1.97. The van der Waals surface area contributed by atoms with E-state index in [0.29, 0.717) is 6.54 Å². The molecule has 1 saturated carbocycles. The highest BCUT2D eigenvalue weighted by Crippen LogP contribution is 2.31. The average Bonchev–Trinajstić information content (AvgIpc) is 2.36. The van der Waals surface area contributed by atoms with Gasteiger partial charge in [0, 0.05) is 13.6 Å². The van der Waals surface area contributed by atoms with Gasteiger partial charge in [-0.25, -0.2) is 0 Å². The average molecular weight is 248 g/mol. The maximum Gasteiger partial charge on any atom is 0.242 e. The van der Waals surface area contributed by atoms with Crippen molar-refractivity contribution in [3.05, 3.63) is 29.8 Å². The molecule has 0 aliphatic heterocycles. The van der Waals surface area contributed by atoms with Gasteiger partial charge in [-0.3, -0.25) is 4.79 Å². The fourth-order valence-corrected chi connectivity index (χ4v) is 2.23. The van der Waals surface area contributed by atoms with Crippen molar-refractivity contribution in [2.24, 2.45) is 5.73 Å². The van der Waals surface area contributed by atoms with Gasteiger partial charge in [0.1, 0.15) is 5.75 Å². The van der Waals surface area contributed by atoms with E-state index in [1.807, 2.05) is 24.3 Å². The number of benzene rings is 1. The molecule has 0 radical (unpaired) electrons. The van der Waals surface area contributed by atoms with E-state index >= 15 is 0 Å². The number of hydrogen-bond acceptors (Lipinski definition) is 3. The summed E-state index contributed by atoms with van der Waals surface area (Å²) in [4.78, 5) is 13.9. The van der Waals surface area contributed by atoms with Crippen molar-refractivity contribution >= 4 is 5.91 Å². The number of hydrogen-bond donors (Lipinski definition) is 1. The van der Waals surface area contributed by atoms with Gasteiger partial charge in [-0.15, -0.1) is 0 Å². The molecule has 0 aromatic heterocycles. The summed E-state index contributed by atoms with van der Waals surface area (Å²) in [6, 6.07) is 7.73. The minimum atomic E-state index is -0.610. The van der Waals surface area contributed by atoms with Crippen LogP contribution in [0.3, 0.4) is 0 Å². The SMILES string of the molecule is COc1ccc(CN(C)C(=O)C2(N)CCC2)cc1. The molecule has 0 atom stereocenters. The van der Waals surface area contributed by atoms with E-state index in [4.69, 9.17) is 10.5 Å². The summed E-state index contributed by atoms with van der Waals surface area (Å²) in [5.74, 6) is 0.867. The van der Waals surface area contributed by atoms with Crippen LogP contribution >= 0.6 is 0 Å². The second-order valence-corrected chi connectivity index (χ2v) is 5.02. The van der Waals surface area contributed by atoms with Gasteiger partial charge in [0.15, 0.2) is 0 Å². The highest BCUT2D eigenvalue weighted by Gasteiger charge is 2.41. The van der Waals surface area contributed by atoms with Crippen molar-refractivity contribution in [1.82, 2.24) is 4.90 Å². The molecule has 0 unspecified atom stereocenters. The minimum absolute atomic E-state index is 0.0459. The molecule has 2 rings (SSSR count). The molecule has 0 bridgehead atoms. The van der Waals surface area contributed by atoms with Crippen molar-refractivity contribution in [2.75, 3.05) is 14.2 Å². The van der Waals surface area contributed by atoms with Gasteiger partial charge in [-0.05, 0) is 37.0 Å². The quantitative estimate of drug-likeness (QED) is 0.879. The largest absolute Gasteiger partial charge is 0.497 e. The normalized spacial score (nSPS) is 16.8. The Hall–Kier alpha value is -1.55. The van der Waals surface area contributed by atoms with E-state index in [1.165, 1.54) is 0 Å². The zero-order valence-corrected chi connectivity index (χ0v) is 11.0. The van der Waals surface area contributed by atoms with Gasteiger partial charge in [-0.2, -0.15) is 0 Å². The lowest BCUT2D eigenvalue weighted by Crippen LogP contribution is -2.58. The summed E-state index contributed by atoms with van der Waals surface area (Å²) in [7, 11) is 3.44. The van der Waals surface area contributed by atoms with Crippen LogP contribution in [0.5, 0.6) is 5.75 Å². The number of methoxy groups -OCH3 is 1. The third kappa shape index (κ3) is 2.48. The van der Waals surface area contributed by atoms with Crippen molar-refractivity contribution < 1.29 is 9.53 Å². The summed E-state index contributed by atoms with van der Waals surface area (Å²) in [5.41, 5.74) is 6.50. The van der Waals surface area contributed by atoms with E-state index in [1.54, 1.807) is 19.1 Å². The Morgan fingerprint density at radius 2 is 2.00 bits per heavy atom. The Morgan fingerprint density at radius 3 is 2.44 bits per heavy atom. The van der Waals surface area contributed by atoms with Crippen LogP contribution in [0, 0.1) is 0 Å². The molecule has 0 heterocycles. The van der Waals surface area contributed by atoms with Crippen molar-refractivity contribution in [2.45, 2.75) is 31.3 Å². The lowest BCUT2D eigenvalue weighted by Gasteiger charge is -2.39. The van der Waals surface area contributed by atoms with E-state index < -0.39 is 5.54 Å². The van der Waals surface area contributed by atoms with Crippen LogP contribution in [0.25, 0.3) is 0 Å². The topological polar surface area (TPSA) is 55.6 Å². The van der Waals surface area contributed by atoms with Gasteiger partial charge >= 0.3 is 0 Å². The molecule has 1 fully saturated rings. The second kappa shape index (κ2) is 4.98. The third-order valence-electron chi connectivity index (χ3n) is 3.60. The molecule has 1 aliphatic carbocycles. The molecular weight excluding hydrogens is 228 g/mol.